The van der Waals surface area contributed by atoms with Gasteiger partial charge in [-0.25, -0.2) is 4.79 Å². The molecule has 1 saturated heterocycles. The number of carbonyl (C=O) groups excluding carboxylic acids is 1. The third-order valence-corrected chi connectivity index (χ3v) is 2.86. The van der Waals surface area contributed by atoms with E-state index in [0.29, 0.717) is 13.2 Å². The maximum atomic E-state index is 11.7. The Labute approximate surface area is 107 Å². The van der Waals surface area contributed by atoms with E-state index >= 15 is 0 Å². The van der Waals surface area contributed by atoms with Gasteiger partial charge < -0.3 is 9.47 Å². The van der Waals surface area contributed by atoms with Crippen molar-refractivity contribution in [2.24, 2.45) is 0 Å². The van der Waals surface area contributed by atoms with Gasteiger partial charge in [-0.15, -0.1) is 0 Å². The van der Waals surface area contributed by atoms with Crippen LogP contribution in [0.25, 0.3) is 0 Å². The van der Waals surface area contributed by atoms with Gasteiger partial charge in [0.15, 0.2) is 6.10 Å². The number of benzene rings is 1. The number of carbonyl (C=O) groups is 1. The molecule has 1 atom stereocenters. The van der Waals surface area contributed by atoms with Crippen LogP contribution in [0.3, 0.4) is 0 Å². The van der Waals surface area contributed by atoms with E-state index in [9.17, 15) is 4.79 Å². The monoisotopic (exact) mass is 249 g/mol. The molecule has 0 N–H and O–H groups in total. The van der Waals surface area contributed by atoms with Crippen LogP contribution in [0.15, 0.2) is 30.3 Å². The summed E-state index contributed by atoms with van der Waals surface area (Å²) in [6.45, 7) is 6.95. The second kappa shape index (κ2) is 4.88. The van der Waals surface area contributed by atoms with Gasteiger partial charge >= 0.3 is 6.09 Å². The summed E-state index contributed by atoms with van der Waals surface area (Å²) < 4.78 is 10.9. The summed E-state index contributed by atoms with van der Waals surface area (Å²) in [6.07, 6.45) is -0.457. The van der Waals surface area contributed by atoms with Crippen molar-refractivity contribution in [1.82, 2.24) is 4.90 Å². The zero-order valence-electron chi connectivity index (χ0n) is 11.1. The molecule has 0 bridgehead atoms. The van der Waals surface area contributed by atoms with Crippen LogP contribution in [0.2, 0.25) is 0 Å². The fourth-order valence-electron chi connectivity index (χ4n) is 1.86. The number of ether oxygens (including phenoxy) is 2. The summed E-state index contributed by atoms with van der Waals surface area (Å²) in [5, 5.41) is 0. The van der Waals surface area contributed by atoms with E-state index in [0.717, 1.165) is 5.75 Å². The molecule has 98 valence electrons. The first-order chi connectivity index (χ1) is 8.47. The molecule has 1 fully saturated rings. The average Bonchev–Trinajstić information content (AvgIpc) is 2.69. The number of rotatable bonds is 3. The summed E-state index contributed by atoms with van der Waals surface area (Å²) in [5.74, 6) is 0.794. The van der Waals surface area contributed by atoms with Gasteiger partial charge in [0.25, 0.3) is 0 Å². The second-order valence-corrected chi connectivity index (χ2v) is 5.41. The summed E-state index contributed by atoms with van der Waals surface area (Å²) in [7, 11) is 0. The van der Waals surface area contributed by atoms with E-state index < -0.39 is 0 Å². The minimum atomic E-state index is -0.260. The Bertz CT molecular complexity index is 411. The highest BCUT2D eigenvalue weighted by atomic mass is 16.6. The van der Waals surface area contributed by atoms with Crippen molar-refractivity contribution in [2.45, 2.75) is 32.4 Å². The quantitative estimate of drug-likeness (QED) is 0.826. The molecule has 18 heavy (non-hydrogen) atoms. The van der Waals surface area contributed by atoms with Gasteiger partial charge in [0.1, 0.15) is 12.4 Å². The van der Waals surface area contributed by atoms with Crippen molar-refractivity contribution in [3.63, 3.8) is 0 Å². The number of para-hydroxylation sites is 1. The lowest BCUT2D eigenvalue weighted by Crippen LogP contribution is -2.42. The van der Waals surface area contributed by atoms with Crippen LogP contribution in [-0.4, -0.2) is 35.8 Å². The van der Waals surface area contributed by atoms with E-state index in [4.69, 9.17) is 9.47 Å². The van der Waals surface area contributed by atoms with E-state index in [1.165, 1.54) is 0 Å². The Balaban J connectivity index is 1.88. The van der Waals surface area contributed by atoms with Gasteiger partial charge in [-0.1, -0.05) is 18.2 Å². The van der Waals surface area contributed by atoms with Gasteiger partial charge in [-0.05, 0) is 32.9 Å². The molecule has 0 saturated carbocycles. The van der Waals surface area contributed by atoms with Crippen LogP contribution in [0, 0.1) is 0 Å². The van der Waals surface area contributed by atoms with Gasteiger partial charge in [-0.2, -0.15) is 0 Å². The third kappa shape index (κ3) is 2.94. The van der Waals surface area contributed by atoms with Gasteiger partial charge in [0.2, 0.25) is 0 Å². The van der Waals surface area contributed by atoms with Crippen LogP contribution in [0.5, 0.6) is 5.75 Å². The van der Waals surface area contributed by atoms with Crippen molar-refractivity contribution in [3.8, 4) is 5.75 Å². The van der Waals surface area contributed by atoms with Crippen LogP contribution in [-0.2, 0) is 4.74 Å². The lowest BCUT2D eigenvalue weighted by atomic mass is 10.1. The largest absolute Gasteiger partial charge is 0.490 e. The van der Waals surface area contributed by atoms with Gasteiger partial charge in [0, 0.05) is 5.54 Å². The molecule has 0 aliphatic carbocycles. The Kier molecular flexibility index (Phi) is 3.45. The Morgan fingerprint density at radius 1 is 1.33 bits per heavy atom. The molecule has 0 aromatic heterocycles. The maximum Gasteiger partial charge on any atom is 0.410 e. The topological polar surface area (TPSA) is 38.8 Å². The zero-order valence-corrected chi connectivity index (χ0v) is 11.1. The second-order valence-electron chi connectivity index (χ2n) is 5.41. The number of hydrogen-bond acceptors (Lipinski definition) is 3. The van der Waals surface area contributed by atoms with E-state index in [2.05, 4.69) is 0 Å². The standard InChI is InChI=1S/C14H19NO3/c1-14(2,3)15-9-12(18-13(15)16)10-17-11-7-5-4-6-8-11/h4-8,12H,9-10H2,1-3H3/t12-/m1/s1. The van der Waals surface area contributed by atoms with E-state index in [1.54, 1.807) is 4.90 Å². The molecule has 2 rings (SSSR count). The normalized spacial score (nSPS) is 19.8. The minimum Gasteiger partial charge on any atom is -0.490 e. The van der Waals surface area contributed by atoms with E-state index in [1.807, 2.05) is 51.1 Å². The highest BCUT2D eigenvalue weighted by Gasteiger charge is 2.38. The molecule has 1 aromatic rings. The van der Waals surface area contributed by atoms with Crippen LogP contribution < -0.4 is 4.74 Å². The SMILES string of the molecule is CC(C)(C)N1C[C@H](COc2ccccc2)OC1=O. The van der Waals surface area contributed by atoms with Crippen molar-refractivity contribution >= 4 is 6.09 Å². The number of hydrogen-bond donors (Lipinski definition) is 0. The highest BCUT2D eigenvalue weighted by Crippen LogP contribution is 2.22. The summed E-state index contributed by atoms with van der Waals surface area (Å²) in [4.78, 5) is 13.4. The lowest BCUT2D eigenvalue weighted by Gasteiger charge is -2.29. The number of amides is 1. The minimum absolute atomic E-state index is 0.197. The number of cyclic esters (lactones) is 1. The van der Waals surface area contributed by atoms with Gasteiger partial charge in [0.05, 0.1) is 6.54 Å². The average molecular weight is 249 g/mol. The number of nitrogens with zero attached hydrogens (tertiary/aromatic N) is 1. The zero-order chi connectivity index (χ0) is 13.2. The molecule has 1 amide bonds. The summed E-state index contributed by atoms with van der Waals surface area (Å²) in [6, 6.07) is 9.54. The lowest BCUT2D eigenvalue weighted by molar-refractivity contribution is 0.0993. The molecular formula is C14H19NO3. The van der Waals surface area contributed by atoms with Crippen molar-refractivity contribution in [2.75, 3.05) is 13.2 Å². The first kappa shape index (κ1) is 12.7. The first-order valence-corrected chi connectivity index (χ1v) is 6.13. The van der Waals surface area contributed by atoms with Crippen LogP contribution in [0.1, 0.15) is 20.8 Å². The Hall–Kier alpha value is -1.71. The van der Waals surface area contributed by atoms with Crippen LogP contribution in [0.4, 0.5) is 4.79 Å². The van der Waals surface area contributed by atoms with E-state index in [-0.39, 0.29) is 17.7 Å². The smallest absolute Gasteiger partial charge is 0.410 e. The maximum absolute atomic E-state index is 11.7. The van der Waals surface area contributed by atoms with Crippen molar-refractivity contribution in [3.05, 3.63) is 30.3 Å². The molecular weight excluding hydrogens is 230 g/mol. The molecule has 1 heterocycles. The molecule has 1 aliphatic rings. The molecule has 0 spiro atoms. The molecule has 0 radical (unpaired) electrons. The fraction of sp³-hybridized carbons (Fsp3) is 0.500. The third-order valence-electron chi connectivity index (χ3n) is 2.86. The molecule has 1 aliphatic heterocycles. The van der Waals surface area contributed by atoms with Crippen LogP contribution >= 0.6 is 0 Å². The fourth-order valence-corrected chi connectivity index (χ4v) is 1.86. The molecule has 0 unspecified atom stereocenters. The highest BCUT2D eigenvalue weighted by molar-refractivity contribution is 5.70. The molecule has 1 aromatic carbocycles. The predicted octanol–water partition coefficient (Wildman–Crippen LogP) is 2.68. The van der Waals surface area contributed by atoms with Crippen molar-refractivity contribution in [1.29, 1.82) is 0 Å². The Morgan fingerprint density at radius 2 is 2.00 bits per heavy atom. The predicted molar refractivity (Wildman–Crippen MR) is 68.7 cm³/mol. The molecule has 4 heteroatoms. The summed E-state index contributed by atoms with van der Waals surface area (Å²) in [5.41, 5.74) is -0.210. The van der Waals surface area contributed by atoms with Crippen molar-refractivity contribution < 1.29 is 14.3 Å². The van der Waals surface area contributed by atoms with Gasteiger partial charge in [-0.3, -0.25) is 4.90 Å². The Morgan fingerprint density at radius 3 is 2.56 bits per heavy atom. The first-order valence-electron chi connectivity index (χ1n) is 6.13. The molecule has 4 nitrogen and oxygen atoms in total. The summed E-state index contributed by atoms with van der Waals surface area (Å²) >= 11 is 0.